The molecule has 0 saturated carbocycles. The van der Waals surface area contributed by atoms with E-state index in [2.05, 4.69) is 41.0 Å². The molecule has 0 aromatic carbocycles. The molecule has 0 fully saturated rings. The smallest absolute Gasteiger partial charge is 0.228 e. The van der Waals surface area contributed by atoms with Crippen molar-refractivity contribution in [3.63, 3.8) is 0 Å². The summed E-state index contributed by atoms with van der Waals surface area (Å²) in [6, 6.07) is 0. The van der Waals surface area contributed by atoms with Crippen LogP contribution in [0, 0.1) is 5.41 Å². The first-order valence-electron chi connectivity index (χ1n) is 6.24. The molecule has 0 radical (unpaired) electrons. The van der Waals surface area contributed by atoms with Crippen molar-refractivity contribution in [2.45, 2.75) is 46.5 Å². The second-order valence-corrected chi connectivity index (χ2v) is 5.85. The molecule has 0 unspecified atom stereocenters. The molecular weight excluding hydrogens is 271 g/mol. The summed E-state index contributed by atoms with van der Waals surface area (Å²) in [7, 11) is 0. The molecule has 102 valence electrons. The molecular formula is C12H20Cl2N4. The SMILES string of the molecule is CCCCCC(C)(C)CNc1nc(Cl)nc(Cl)n1. The van der Waals surface area contributed by atoms with E-state index in [-0.39, 0.29) is 16.0 Å². The van der Waals surface area contributed by atoms with E-state index in [9.17, 15) is 0 Å². The van der Waals surface area contributed by atoms with Gasteiger partial charge in [0.05, 0.1) is 0 Å². The highest BCUT2D eigenvalue weighted by molar-refractivity contribution is 6.31. The topological polar surface area (TPSA) is 50.7 Å². The first-order valence-corrected chi connectivity index (χ1v) is 6.99. The zero-order valence-corrected chi connectivity index (χ0v) is 12.6. The Hall–Kier alpha value is -0.610. The number of nitrogens with one attached hydrogen (secondary N) is 1. The molecule has 0 atom stereocenters. The lowest BCUT2D eigenvalue weighted by Crippen LogP contribution is -2.24. The largest absolute Gasteiger partial charge is 0.354 e. The number of rotatable bonds is 7. The van der Waals surface area contributed by atoms with E-state index in [4.69, 9.17) is 23.2 Å². The fourth-order valence-electron chi connectivity index (χ4n) is 1.67. The second-order valence-electron chi connectivity index (χ2n) is 5.17. The Kier molecular flexibility index (Phi) is 6.09. The van der Waals surface area contributed by atoms with Crippen molar-refractivity contribution in [3.05, 3.63) is 10.6 Å². The van der Waals surface area contributed by atoms with Crippen LogP contribution in [0.15, 0.2) is 0 Å². The van der Waals surface area contributed by atoms with E-state index in [1.54, 1.807) is 0 Å². The number of aromatic nitrogens is 3. The van der Waals surface area contributed by atoms with Crippen molar-refractivity contribution in [1.29, 1.82) is 0 Å². The van der Waals surface area contributed by atoms with Crippen molar-refractivity contribution in [2.24, 2.45) is 5.41 Å². The van der Waals surface area contributed by atoms with E-state index in [0.717, 1.165) is 6.54 Å². The lowest BCUT2D eigenvalue weighted by atomic mass is 9.87. The van der Waals surface area contributed by atoms with Crippen molar-refractivity contribution >= 4 is 29.2 Å². The fourth-order valence-corrected chi connectivity index (χ4v) is 2.03. The van der Waals surface area contributed by atoms with Gasteiger partial charge in [0.1, 0.15) is 0 Å². The molecule has 18 heavy (non-hydrogen) atoms. The van der Waals surface area contributed by atoms with E-state index in [0.29, 0.717) is 5.95 Å². The van der Waals surface area contributed by atoms with E-state index in [1.165, 1.54) is 25.7 Å². The lowest BCUT2D eigenvalue weighted by molar-refractivity contribution is 0.342. The Morgan fingerprint density at radius 2 is 1.67 bits per heavy atom. The average Bonchev–Trinajstić information content (AvgIpc) is 2.25. The zero-order valence-electron chi connectivity index (χ0n) is 11.1. The summed E-state index contributed by atoms with van der Waals surface area (Å²) in [6.45, 7) is 7.44. The van der Waals surface area contributed by atoms with Gasteiger partial charge in [0.25, 0.3) is 0 Å². The number of hydrogen-bond donors (Lipinski definition) is 1. The molecule has 0 bridgehead atoms. The van der Waals surface area contributed by atoms with Crippen LogP contribution in [-0.2, 0) is 0 Å². The summed E-state index contributed by atoms with van der Waals surface area (Å²) in [5.74, 6) is 0.434. The summed E-state index contributed by atoms with van der Waals surface area (Å²) in [5.41, 5.74) is 0.195. The Balaban J connectivity index is 2.47. The maximum Gasteiger partial charge on any atom is 0.228 e. The predicted molar refractivity (Wildman–Crippen MR) is 76.3 cm³/mol. The molecule has 1 aromatic heterocycles. The molecule has 1 heterocycles. The summed E-state index contributed by atoms with van der Waals surface area (Å²) in [6.07, 6.45) is 4.92. The van der Waals surface area contributed by atoms with Gasteiger partial charge < -0.3 is 5.32 Å². The summed E-state index contributed by atoms with van der Waals surface area (Å²) in [4.78, 5) is 11.7. The average molecular weight is 291 g/mol. The summed E-state index contributed by atoms with van der Waals surface area (Å²) in [5, 5.41) is 3.39. The van der Waals surface area contributed by atoms with Crippen molar-refractivity contribution in [3.8, 4) is 0 Å². The van der Waals surface area contributed by atoms with Crippen LogP contribution in [0.3, 0.4) is 0 Å². The van der Waals surface area contributed by atoms with Gasteiger partial charge in [-0.2, -0.15) is 15.0 Å². The third-order valence-corrected chi connectivity index (χ3v) is 3.10. The lowest BCUT2D eigenvalue weighted by Gasteiger charge is -2.24. The first-order chi connectivity index (χ1) is 8.43. The van der Waals surface area contributed by atoms with E-state index >= 15 is 0 Å². The van der Waals surface area contributed by atoms with Gasteiger partial charge in [0, 0.05) is 6.54 Å². The van der Waals surface area contributed by atoms with Crippen LogP contribution in [0.25, 0.3) is 0 Å². The minimum Gasteiger partial charge on any atom is -0.354 e. The Morgan fingerprint density at radius 3 is 2.22 bits per heavy atom. The van der Waals surface area contributed by atoms with Gasteiger partial charge in [-0.15, -0.1) is 0 Å². The zero-order chi connectivity index (χ0) is 13.6. The first kappa shape index (κ1) is 15.4. The Morgan fingerprint density at radius 1 is 1.06 bits per heavy atom. The molecule has 0 aliphatic heterocycles. The standard InChI is InChI=1S/C12H20Cl2N4/c1-4-5-6-7-12(2,3)8-15-11-17-9(13)16-10(14)18-11/h4-8H2,1-3H3,(H,15,16,17,18). The Bertz CT molecular complexity index is 362. The number of unbranched alkanes of at least 4 members (excludes halogenated alkanes) is 2. The van der Waals surface area contributed by atoms with Gasteiger partial charge in [-0.3, -0.25) is 0 Å². The van der Waals surface area contributed by atoms with E-state index < -0.39 is 0 Å². The highest BCUT2D eigenvalue weighted by Gasteiger charge is 2.17. The molecule has 0 aliphatic rings. The highest BCUT2D eigenvalue weighted by Crippen LogP contribution is 2.24. The fraction of sp³-hybridized carbons (Fsp3) is 0.750. The number of halogens is 2. The van der Waals surface area contributed by atoms with Crippen LogP contribution in [0.2, 0.25) is 10.6 Å². The quantitative estimate of drug-likeness (QED) is 0.765. The third kappa shape index (κ3) is 5.83. The van der Waals surface area contributed by atoms with Crippen LogP contribution < -0.4 is 5.32 Å². The number of anilines is 1. The third-order valence-electron chi connectivity index (χ3n) is 2.76. The van der Waals surface area contributed by atoms with Gasteiger partial charge in [0.2, 0.25) is 16.5 Å². The molecule has 4 nitrogen and oxygen atoms in total. The Labute approximate surface area is 119 Å². The van der Waals surface area contributed by atoms with E-state index in [1.807, 2.05) is 0 Å². The molecule has 0 amide bonds. The molecule has 1 aromatic rings. The van der Waals surface area contributed by atoms with Crippen LogP contribution in [0.5, 0.6) is 0 Å². The van der Waals surface area contributed by atoms with Crippen LogP contribution in [0.1, 0.15) is 46.5 Å². The molecule has 1 N–H and O–H groups in total. The van der Waals surface area contributed by atoms with Gasteiger partial charge in [0.15, 0.2) is 0 Å². The van der Waals surface area contributed by atoms with Crippen molar-refractivity contribution < 1.29 is 0 Å². The summed E-state index contributed by atoms with van der Waals surface area (Å²) < 4.78 is 0. The molecule has 1 rings (SSSR count). The molecule has 0 aliphatic carbocycles. The number of hydrogen-bond acceptors (Lipinski definition) is 4. The normalized spacial score (nSPS) is 11.6. The maximum atomic E-state index is 5.72. The van der Waals surface area contributed by atoms with Crippen LogP contribution in [0.4, 0.5) is 5.95 Å². The monoisotopic (exact) mass is 290 g/mol. The molecule has 6 heteroatoms. The van der Waals surface area contributed by atoms with Crippen LogP contribution >= 0.6 is 23.2 Å². The number of nitrogens with zero attached hydrogens (tertiary/aromatic N) is 3. The second kappa shape index (κ2) is 7.10. The van der Waals surface area contributed by atoms with Crippen LogP contribution in [-0.4, -0.2) is 21.5 Å². The highest BCUT2D eigenvalue weighted by atomic mass is 35.5. The van der Waals surface area contributed by atoms with Gasteiger partial charge >= 0.3 is 0 Å². The minimum atomic E-state index is 0.112. The van der Waals surface area contributed by atoms with Crippen molar-refractivity contribution in [1.82, 2.24) is 15.0 Å². The van der Waals surface area contributed by atoms with Gasteiger partial charge in [-0.05, 0) is 35.0 Å². The van der Waals surface area contributed by atoms with Gasteiger partial charge in [-0.1, -0.05) is 40.0 Å². The summed E-state index contributed by atoms with van der Waals surface area (Å²) >= 11 is 11.4. The van der Waals surface area contributed by atoms with Gasteiger partial charge in [-0.25, -0.2) is 0 Å². The maximum absolute atomic E-state index is 5.72. The predicted octanol–water partition coefficient (Wildman–Crippen LogP) is 4.20. The molecule has 0 saturated heterocycles. The minimum absolute atomic E-state index is 0.112. The molecule has 0 spiro atoms. The van der Waals surface area contributed by atoms with Crippen molar-refractivity contribution in [2.75, 3.05) is 11.9 Å².